The number of rotatable bonds is 15. The molecule has 0 saturated carbocycles. The van der Waals surface area contributed by atoms with Gasteiger partial charge in [-0.05, 0) is 6.42 Å². The predicted octanol–water partition coefficient (Wildman–Crippen LogP) is 6.78. The lowest BCUT2D eigenvalue weighted by molar-refractivity contribution is -0.205. The first-order valence-corrected chi connectivity index (χ1v) is 9.23. The van der Waals surface area contributed by atoms with Crippen molar-refractivity contribution in [1.82, 2.24) is 0 Å². The van der Waals surface area contributed by atoms with Crippen molar-refractivity contribution in [2.24, 2.45) is 0 Å². The Hall–Kier alpha value is -0.250. The van der Waals surface area contributed by atoms with Crippen molar-refractivity contribution in [2.45, 2.75) is 116 Å². The van der Waals surface area contributed by atoms with Gasteiger partial charge >= 0.3 is 6.18 Å². The number of hydrogen-bond donors (Lipinski definition) is 1. The van der Waals surface area contributed by atoms with Crippen molar-refractivity contribution in [3.8, 4) is 0 Å². The lowest BCUT2D eigenvalue weighted by Gasteiger charge is -2.13. The summed E-state index contributed by atoms with van der Waals surface area (Å²) in [5, 5.41) is 8.85. The highest BCUT2D eigenvalue weighted by molar-refractivity contribution is 4.64. The summed E-state index contributed by atoms with van der Waals surface area (Å²) in [5.41, 5.74) is 0. The number of aliphatic hydroxyl groups is 1. The summed E-state index contributed by atoms with van der Waals surface area (Å²) < 4.78 is 36.2. The van der Waals surface area contributed by atoms with Crippen LogP contribution in [0.4, 0.5) is 13.2 Å². The predicted molar refractivity (Wildman–Crippen MR) is 87.0 cm³/mol. The molecule has 0 aliphatic heterocycles. The molecule has 22 heavy (non-hydrogen) atoms. The molecule has 0 radical (unpaired) electrons. The van der Waals surface area contributed by atoms with E-state index in [1.165, 1.54) is 64.2 Å². The molecule has 1 unspecified atom stereocenters. The summed E-state index contributed by atoms with van der Waals surface area (Å²) in [6.45, 7) is 2.23. The number of halogens is 3. The quantitative estimate of drug-likeness (QED) is 0.329. The van der Waals surface area contributed by atoms with Crippen LogP contribution in [0, 0.1) is 0 Å². The molecular weight excluding hydrogens is 289 g/mol. The minimum Gasteiger partial charge on any atom is -0.384 e. The summed E-state index contributed by atoms with van der Waals surface area (Å²) in [7, 11) is 0. The van der Waals surface area contributed by atoms with Crippen molar-refractivity contribution in [1.29, 1.82) is 0 Å². The monoisotopic (exact) mass is 324 g/mol. The Balaban J connectivity index is 3.12. The Labute approximate surface area is 134 Å². The second-order valence-corrected chi connectivity index (χ2v) is 6.44. The van der Waals surface area contributed by atoms with Crippen LogP contribution in [0.2, 0.25) is 0 Å². The highest BCUT2D eigenvalue weighted by Gasteiger charge is 2.37. The van der Waals surface area contributed by atoms with Gasteiger partial charge in [0.05, 0.1) is 0 Å². The molecule has 0 amide bonds. The molecule has 0 aromatic rings. The second kappa shape index (κ2) is 14.3. The van der Waals surface area contributed by atoms with Crippen molar-refractivity contribution < 1.29 is 18.3 Å². The molecule has 0 fully saturated rings. The highest BCUT2D eigenvalue weighted by atomic mass is 19.4. The average molecular weight is 324 g/mol. The first-order valence-electron chi connectivity index (χ1n) is 9.23. The number of hydrogen-bond acceptors (Lipinski definition) is 1. The second-order valence-electron chi connectivity index (χ2n) is 6.44. The van der Waals surface area contributed by atoms with Gasteiger partial charge in [-0.1, -0.05) is 96.8 Å². The maximum Gasteiger partial charge on any atom is 0.414 e. The van der Waals surface area contributed by atoms with E-state index in [1.54, 1.807) is 0 Å². The van der Waals surface area contributed by atoms with Crippen LogP contribution in [0.3, 0.4) is 0 Å². The lowest BCUT2D eigenvalue weighted by atomic mass is 10.0. The van der Waals surface area contributed by atoms with Crippen molar-refractivity contribution in [3.63, 3.8) is 0 Å². The number of alkyl halides is 3. The van der Waals surface area contributed by atoms with Gasteiger partial charge in [0.25, 0.3) is 0 Å². The topological polar surface area (TPSA) is 20.2 Å². The largest absolute Gasteiger partial charge is 0.414 e. The molecule has 0 bridgehead atoms. The van der Waals surface area contributed by atoms with Gasteiger partial charge < -0.3 is 5.11 Å². The zero-order valence-electron chi connectivity index (χ0n) is 14.3. The minimum atomic E-state index is -4.45. The molecular formula is C18H35F3O. The van der Waals surface area contributed by atoms with Crippen molar-refractivity contribution in [3.05, 3.63) is 0 Å². The van der Waals surface area contributed by atoms with Gasteiger partial charge in [0, 0.05) is 0 Å². The van der Waals surface area contributed by atoms with E-state index >= 15 is 0 Å². The van der Waals surface area contributed by atoms with Gasteiger partial charge in [-0.15, -0.1) is 0 Å². The number of unbranched alkanes of at least 4 members (excludes halogenated alkanes) is 13. The molecule has 0 aliphatic rings. The van der Waals surface area contributed by atoms with E-state index in [-0.39, 0.29) is 6.42 Å². The molecule has 0 heterocycles. The fourth-order valence-electron chi connectivity index (χ4n) is 2.70. The molecule has 0 spiro atoms. The van der Waals surface area contributed by atoms with Crippen LogP contribution in [0.25, 0.3) is 0 Å². The third-order valence-corrected chi connectivity index (χ3v) is 4.21. The van der Waals surface area contributed by atoms with Gasteiger partial charge in [-0.25, -0.2) is 0 Å². The fraction of sp³-hybridized carbons (Fsp3) is 1.00. The summed E-state index contributed by atoms with van der Waals surface area (Å²) >= 11 is 0. The van der Waals surface area contributed by atoms with E-state index in [0.717, 1.165) is 19.3 Å². The van der Waals surface area contributed by atoms with Crippen molar-refractivity contribution in [2.75, 3.05) is 0 Å². The molecule has 4 heteroatoms. The van der Waals surface area contributed by atoms with Gasteiger partial charge in [-0.3, -0.25) is 0 Å². The Bertz CT molecular complexity index is 229. The molecule has 1 nitrogen and oxygen atoms in total. The normalized spacial score (nSPS) is 13.5. The first-order chi connectivity index (χ1) is 10.5. The average Bonchev–Trinajstić information content (AvgIpc) is 2.46. The summed E-state index contributed by atoms with van der Waals surface area (Å²) in [5.74, 6) is 0. The molecule has 0 aromatic carbocycles. The fourth-order valence-corrected chi connectivity index (χ4v) is 2.70. The highest BCUT2D eigenvalue weighted by Crippen LogP contribution is 2.24. The maximum atomic E-state index is 12.1. The van der Waals surface area contributed by atoms with Crippen LogP contribution >= 0.6 is 0 Å². The first kappa shape index (κ1) is 21.8. The Morgan fingerprint density at radius 1 is 0.636 bits per heavy atom. The Morgan fingerprint density at radius 3 is 1.27 bits per heavy atom. The van der Waals surface area contributed by atoms with Crippen molar-refractivity contribution >= 4 is 0 Å². The number of aliphatic hydroxyl groups excluding tert-OH is 1. The molecule has 134 valence electrons. The van der Waals surface area contributed by atoms with Crippen LogP contribution in [0.15, 0.2) is 0 Å². The van der Waals surface area contributed by atoms with Gasteiger partial charge in [0.15, 0.2) is 0 Å². The van der Waals surface area contributed by atoms with E-state index in [2.05, 4.69) is 6.92 Å². The van der Waals surface area contributed by atoms with E-state index in [9.17, 15) is 13.2 Å². The third kappa shape index (κ3) is 14.7. The summed E-state index contributed by atoms with van der Waals surface area (Å²) in [6, 6.07) is 0. The molecule has 1 atom stereocenters. The van der Waals surface area contributed by atoms with Crippen LogP contribution < -0.4 is 0 Å². The van der Waals surface area contributed by atoms with E-state index in [1.807, 2.05) is 0 Å². The van der Waals surface area contributed by atoms with Crippen LogP contribution in [0.5, 0.6) is 0 Å². The molecule has 0 aromatic heterocycles. The van der Waals surface area contributed by atoms with Gasteiger partial charge in [0.1, 0.15) is 6.10 Å². The van der Waals surface area contributed by atoms with E-state index < -0.39 is 12.3 Å². The zero-order chi connectivity index (χ0) is 16.7. The SMILES string of the molecule is CCCCCCCCCCCCCCCCC(O)C(F)(F)F. The Kier molecular flexibility index (Phi) is 14.2. The van der Waals surface area contributed by atoms with Gasteiger partial charge in [-0.2, -0.15) is 13.2 Å². The van der Waals surface area contributed by atoms with E-state index in [4.69, 9.17) is 5.11 Å². The maximum absolute atomic E-state index is 12.1. The Morgan fingerprint density at radius 2 is 0.955 bits per heavy atom. The smallest absolute Gasteiger partial charge is 0.384 e. The summed E-state index contributed by atoms with van der Waals surface area (Å²) in [6.07, 6.45) is 9.81. The lowest BCUT2D eigenvalue weighted by Crippen LogP contribution is -2.28. The molecule has 0 rings (SSSR count). The minimum absolute atomic E-state index is 0.151. The van der Waals surface area contributed by atoms with Crippen LogP contribution in [-0.2, 0) is 0 Å². The molecule has 0 saturated heterocycles. The van der Waals surface area contributed by atoms with Crippen LogP contribution in [-0.4, -0.2) is 17.4 Å². The molecule has 0 aliphatic carbocycles. The molecule has 1 N–H and O–H groups in total. The van der Waals surface area contributed by atoms with Gasteiger partial charge in [0.2, 0.25) is 0 Å². The standard InChI is InChI=1S/C18H35F3O/c1-2-3-4-5-6-7-8-9-10-11-12-13-14-15-16-17(22)18(19,20)21/h17,22H,2-16H2,1H3. The van der Waals surface area contributed by atoms with E-state index in [0.29, 0.717) is 6.42 Å². The zero-order valence-corrected chi connectivity index (χ0v) is 14.3. The third-order valence-electron chi connectivity index (χ3n) is 4.21. The summed E-state index contributed by atoms with van der Waals surface area (Å²) in [4.78, 5) is 0. The van der Waals surface area contributed by atoms with Crippen LogP contribution in [0.1, 0.15) is 103 Å².